The van der Waals surface area contributed by atoms with Crippen molar-refractivity contribution in [3.8, 4) is 0 Å². The number of hydrogen-bond donors (Lipinski definition) is 1. The fraction of sp³-hybridized carbons (Fsp3) is 0.571. The van der Waals surface area contributed by atoms with Gasteiger partial charge in [0.15, 0.2) is 0 Å². The van der Waals surface area contributed by atoms with Crippen molar-refractivity contribution in [2.75, 3.05) is 18.0 Å². The van der Waals surface area contributed by atoms with Crippen molar-refractivity contribution in [1.29, 1.82) is 0 Å². The van der Waals surface area contributed by atoms with Crippen LogP contribution in [-0.4, -0.2) is 24.3 Å². The second-order valence-electron chi connectivity index (χ2n) is 5.52. The Hall–Kier alpha value is -1.23. The third-order valence-electron chi connectivity index (χ3n) is 4.38. The van der Waals surface area contributed by atoms with Gasteiger partial charge in [-0.05, 0) is 43.0 Å². The lowest BCUT2D eigenvalue weighted by Gasteiger charge is -2.21. The quantitative estimate of drug-likeness (QED) is 0.849. The molecule has 2 nitrogen and oxygen atoms in total. The van der Waals surface area contributed by atoms with Gasteiger partial charge < -0.3 is 10.0 Å². The number of aliphatic hydroxyl groups excluding tert-OH is 1. The van der Waals surface area contributed by atoms with Crippen molar-refractivity contribution in [3.63, 3.8) is 0 Å². The number of benzene rings is 1. The highest BCUT2D eigenvalue weighted by atomic mass is 19.4. The average molecular weight is 271 g/mol. The van der Waals surface area contributed by atoms with Crippen molar-refractivity contribution in [2.24, 2.45) is 11.8 Å². The van der Waals surface area contributed by atoms with Crippen molar-refractivity contribution >= 4 is 5.69 Å². The summed E-state index contributed by atoms with van der Waals surface area (Å²) in [7, 11) is 0. The monoisotopic (exact) mass is 271 g/mol. The van der Waals surface area contributed by atoms with Crippen LogP contribution in [0, 0.1) is 11.8 Å². The number of rotatable bonds is 1. The molecular formula is C14H16F3NO. The molecule has 1 heterocycles. The topological polar surface area (TPSA) is 23.5 Å². The molecule has 1 aromatic rings. The van der Waals surface area contributed by atoms with Gasteiger partial charge in [-0.1, -0.05) is 0 Å². The Morgan fingerprint density at radius 3 is 2.32 bits per heavy atom. The summed E-state index contributed by atoms with van der Waals surface area (Å²) in [5.74, 6) is 0.764. The van der Waals surface area contributed by atoms with E-state index in [9.17, 15) is 18.3 Å². The standard InChI is InChI=1S/C14H16F3NO/c15-14(16,17)10-2-4-11(5-3-10)18-7-9-1-6-13(19)12(9)8-18/h2-5,9,12-13,19H,1,6-8H2. The van der Waals surface area contributed by atoms with E-state index in [2.05, 4.69) is 4.90 Å². The molecule has 2 aliphatic rings. The molecule has 0 aromatic heterocycles. The van der Waals surface area contributed by atoms with Gasteiger partial charge in [0.05, 0.1) is 11.7 Å². The Morgan fingerprint density at radius 2 is 1.74 bits per heavy atom. The van der Waals surface area contributed by atoms with Crippen LogP contribution in [0.4, 0.5) is 18.9 Å². The molecule has 1 aliphatic heterocycles. The summed E-state index contributed by atoms with van der Waals surface area (Å²) in [6, 6.07) is 5.30. The maximum absolute atomic E-state index is 12.5. The summed E-state index contributed by atoms with van der Waals surface area (Å²) in [5, 5.41) is 9.84. The maximum atomic E-state index is 12.5. The molecule has 1 saturated heterocycles. The molecule has 19 heavy (non-hydrogen) atoms. The van der Waals surface area contributed by atoms with E-state index in [1.807, 2.05) is 0 Å². The maximum Gasteiger partial charge on any atom is 0.416 e. The number of nitrogens with zero attached hydrogens (tertiary/aromatic N) is 1. The zero-order valence-electron chi connectivity index (χ0n) is 10.4. The van der Waals surface area contributed by atoms with Crippen LogP contribution in [0.15, 0.2) is 24.3 Å². The summed E-state index contributed by atoms with van der Waals surface area (Å²) < 4.78 is 37.5. The minimum atomic E-state index is -4.28. The van der Waals surface area contributed by atoms with Gasteiger partial charge in [-0.25, -0.2) is 0 Å². The molecule has 3 atom stereocenters. The number of hydrogen-bond acceptors (Lipinski definition) is 2. The first kappa shape index (κ1) is 12.8. The normalized spacial score (nSPS) is 30.7. The first-order chi connectivity index (χ1) is 8.95. The van der Waals surface area contributed by atoms with Crippen LogP contribution in [0.5, 0.6) is 0 Å². The molecule has 5 heteroatoms. The highest BCUT2D eigenvalue weighted by molar-refractivity contribution is 5.49. The number of alkyl halides is 3. The fourth-order valence-electron chi connectivity index (χ4n) is 3.31. The zero-order valence-corrected chi connectivity index (χ0v) is 10.4. The first-order valence-corrected chi connectivity index (χ1v) is 6.55. The lowest BCUT2D eigenvalue weighted by molar-refractivity contribution is -0.137. The van der Waals surface area contributed by atoms with E-state index < -0.39 is 11.7 Å². The van der Waals surface area contributed by atoms with Gasteiger partial charge in [0.25, 0.3) is 0 Å². The molecule has 0 spiro atoms. The number of fused-ring (bicyclic) bond motifs is 1. The summed E-state index contributed by atoms with van der Waals surface area (Å²) in [5.41, 5.74) is 0.199. The second kappa shape index (κ2) is 4.40. The van der Waals surface area contributed by atoms with E-state index >= 15 is 0 Å². The van der Waals surface area contributed by atoms with Gasteiger partial charge in [0.1, 0.15) is 0 Å². The minimum Gasteiger partial charge on any atom is -0.393 e. The Kier molecular flexibility index (Phi) is 2.96. The first-order valence-electron chi connectivity index (χ1n) is 6.55. The van der Waals surface area contributed by atoms with Crippen LogP contribution < -0.4 is 4.90 Å². The lowest BCUT2D eigenvalue weighted by Crippen LogP contribution is -2.24. The van der Waals surface area contributed by atoms with Crippen LogP contribution in [-0.2, 0) is 6.18 Å². The van der Waals surface area contributed by atoms with Crippen molar-refractivity contribution in [2.45, 2.75) is 25.1 Å². The Labute approximate surface area is 109 Å². The number of halogens is 3. The van der Waals surface area contributed by atoms with Crippen LogP contribution in [0.2, 0.25) is 0 Å². The van der Waals surface area contributed by atoms with E-state index in [0.29, 0.717) is 5.92 Å². The highest BCUT2D eigenvalue weighted by Crippen LogP contribution is 2.40. The molecule has 104 valence electrons. The Bertz CT molecular complexity index is 457. The molecule has 0 bridgehead atoms. The lowest BCUT2D eigenvalue weighted by atomic mass is 10.00. The SMILES string of the molecule is OC1CCC2CN(c3ccc(C(F)(F)F)cc3)CC12. The molecule has 1 aromatic carbocycles. The van der Waals surface area contributed by atoms with Crippen molar-refractivity contribution in [1.82, 2.24) is 0 Å². The molecular weight excluding hydrogens is 255 g/mol. The Balaban J connectivity index is 1.74. The van der Waals surface area contributed by atoms with Crippen LogP contribution in [0.1, 0.15) is 18.4 Å². The minimum absolute atomic E-state index is 0.246. The molecule has 3 unspecified atom stereocenters. The van der Waals surface area contributed by atoms with Gasteiger partial charge in [-0.2, -0.15) is 13.2 Å². The molecule has 0 amide bonds. The number of anilines is 1. The van der Waals surface area contributed by atoms with Gasteiger partial charge in [-0.3, -0.25) is 0 Å². The van der Waals surface area contributed by atoms with E-state index in [4.69, 9.17) is 0 Å². The summed E-state index contributed by atoms with van der Waals surface area (Å²) >= 11 is 0. The summed E-state index contributed by atoms with van der Waals surface area (Å²) in [4.78, 5) is 2.08. The summed E-state index contributed by atoms with van der Waals surface area (Å²) in [6.45, 7) is 1.59. The van der Waals surface area contributed by atoms with Crippen LogP contribution >= 0.6 is 0 Å². The van der Waals surface area contributed by atoms with Crippen molar-refractivity contribution in [3.05, 3.63) is 29.8 Å². The van der Waals surface area contributed by atoms with Gasteiger partial charge in [0.2, 0.25) is 0 Å². The van der Waals surface area contributed by atoms with E-state index in [1.165, 1.54) is 12.1 Å². The largest absolute Gasteiger partial charge is 0.416 e. The Morgan fingerprint density at radius 1 is 1.05 bits per heavy atom. The molecule has 1 saturated carbocycles. The van der Waals surface area contributed by atoms with Crippen molar-refractivity contribution < 1.29 is 18.3 Å². The molecule has 1 N–H and O–H groups in total. The molecule has 1 aliphatic carbocycles. The smallest absolute Gasteiger partial charge is 0.393 e. The van der Waals surface area contributed by atoms with Gasteiger partial charge >= 0.3 is 6.18 Å². The van der Waals surface area contributed by atoms with Crippen LogP contribution in [0.25, 0.3) is 0 Å². The van der Waals surface area contributed by atoms with E-state index in [1.54, 1.807) is 0 Å². The summed E-state index contributed by atoms with van der Waals surface area (Å²) in [6.07, 6.45) is -2.65. The number of aliphatic hydroxyl groups is 1. The molecule has 2 fully saturated rings. The van der Waals surface area contributed by atoms with Crippen LogP contribution in [0.3, 0.4) is 0 Å². The molecule has 0 radical (unpaired) electrons. The van der Waals surface area contributed by atoms with E-state index in [-0.39, 0.29) is 12.0 Å². The average Bonchev–Trinajstić information content (AvgIpc) is 2.91. The molecule has 3 rings (SSSR count). The van der Waals surface area contributed by atoms with Gasteiger partial charge in [0, 0.05) is 24.7 Å². The highest BCUT2D eigenvalue weighted by Gasteiger charge is 2.42. The third kappa shape index (κ3) is 2.31. The third-order valence-corrected chi connectivity index (χ3v) is 4.38. The predicted octanol–water partition coefficient (Wildman–Crippen LogP) is 2.91. The second-order valence-corrected chi connectivity index (χ2v) is 5.52. The van der Waals surface area contributed by atoms with E-state index in [0.717, 1.165) is 43.8 Å². The fourth-order valence-corrected chi connectivity index (χ4v) is 3.31. The zero-order chi connectivity index (χ0) is 13.6. The van der Waals surface area contributed by atoms with Gasteiger partial charge in [-0.15, -0.1) is 0 Å². The predicted molar refractivity (Wildman–Crippen MR) is 65.9 cm³/mol.